The molecule has 22 heavy (non-hydrogen) atoms. The summed E-state index contributed by atoms with van der Waals surface area (Å²) in [4.78, 5) is 15.2. The zero-order valence-corrected chi connectivity index (χ0v) is 15.0. The van der Waals surface area contributed by atoms with Crippen LogP contribution < -0.4 is 0 Å². The molecule has 2 saturated heterocycles. The van der Waals surface area contributed by atoms with Crippen LogP contribution in [0.15, 0.2) is 24.3 Å². The molecule has 118 valence electrons. The summed E-state index contributed by atoms with van der Waals surface area (Å²) < 4.78 is 6.95. The van der Waals surface area contributed by atoms with Crippen LogP contribution in [0.5, 0.6) is 0 Å². The van der Waals surface area contributed by atoms with E-state index in [1.54, 1.807) is 0 Å². The number of esters is 1. The summed E-state index contributed by atoms with van der Waals surface area (Å²) in [6.07, 6.45) is 5.74. The van der Waals surface area contributed by atoms with Gasteiger partial charge in [-0.1, -0.05) is 12.1 Å². The highest BCUT2D eigenvalue weighted by atomic mass is 127. The van der Waals surface area contributed by atoms with Gasteiger partial charge in [0.15, 0.2) is 0 Å². The number of carbonyl (C=O) groups is 1. The van der Waals surface area contributed by atoms with E-state index in [1.807, 2.05) is 0 Å². The summed E-state index contributed by atoms with van der Waals surface area (Å²) in [5.41, 5.74) is 1.31. The number of rotatable bonds is 3. The van der Waals surface area contributed by atoms with E-state index >= 15 is 0 Å². The molecule has 0 radical (unpaired) electrons. The number of hydrogen-bond acceptors (Lipinski definition) is 3. The molecule has 3 nitrogen and oxygen atoms in total. The number of halogens is 1. The van der Waals surface area contributed by atoms with Gasteiger partial charge in [-0.25, -0.2) is 0 Å². The third kappa shape index (κ3) is 2.68. The second kappa shape index (κ2) is 5.78. The molecule has 4 rings (SSSR count). The van der Waals surface area contributed by atoms with E-state index < -0.39 is 0 Å². The molecule has 1 aromatic carbocycles. The van der Waals surface area contributed by atoms with Crippen LogP contribution in [0.25, 0.3) is 0 Å². The van der Waals surface area contributed by atoms with Crippen LogP contribution in [-0.4, -0.2) is 36.1 Å². The average Bonchev–Trinajstić information content (AvgIpc) is 3.27. The Kier molecular flexibility index (Phi) is 3.93. The Morgan fingerprint density at radius 2 is 1.91 bits per heavy atom. The second-order valence-electron chi connectivity index (χ2n) is 7.02. The van der Waals surface area contributed by atoms with E-state index in [1.165, 1.54) is 15.6 Å². The summed E-state index contributed by atoms with van der Waals surface area (Å²) >= 11 is 2.33. The van der Waals surface area contributed by atoms with Crippen molar-refractivity contribution in [1.29, 1.82) is 0 Å². The molecule has 3 fully saturated rings. The van der Waals surface area contributed by atoms with Crippen LogP contribution in [0.3, 0.4) is 0 Å². The van der Waals surface area contributed by atoms with Gasteiger partial charge in [0.05, 0.1) is 5.92 Å². The third-order valence-corrected chi connectivity index (χ3v) is 6.37. The second-order valence-corrected chi connectivity index (χ2v) is 8.27. The van der Waals surface area contributed by atoms with Gasteiger partial charge in [0.2, 0.25) is 0 Å². The molecule has 0 aromatic heterocycles. The number of nitrogens with zero attached hydrogens (tertiary/aromatic N) is 1. The van der Waals surface area contributed by atoms with Crippen LogP contribution in [0, 0.1) is 9.49 Å². The van der Waals surface area contributed by atoms with Crippen LogP contribution in [0.1, 0.15) is 43.6 Å². The van der Waals surface area contributed by atoms with Crippen LogP contribution in [0.2, 0.25) is 0 Å². The number of piperidine rings is 1. The molecule has 1 saturated carbocycles. The first-order valence-corrected chi connectivity index (χ1v) is 9.39. The highest BCUT2D eigenvalue weighted by molar-refractivity contribution is 14.1. The Labute approximate surface area is 145 Å². The Balaban J connectivity index is 1.64. The summed E-state index contributed by atoms with van der Waals surface area (Å²) in [6.45, 7) is 0. The van der Waals surface area contributed by atoms with E-state index in [0.717, 1.165) is 25.7 Å². The Morgan fingerprint density at radius 3 is 2.59 bits per heavy atom. The quantitative estimate of drug-likeness (QED) is 0.563. The fourth-order valence-corrected chi connectivity index (χ4v) is 4.63. The SMILES string of the molecule is CN1C2CCC1C(C(=O)OC1CC1)[C@@H](c1ccc(I)cc1)C2. The minimum absolute atomic E-state index is 0.00408. The largest absolute Gasteiger partial charge is 0.462 e. The van der Waals surface area contributed by atoms with Crippen LogP contribution in [0.4, 0.5) is 0 Å². The maximum Gasteiger partial charge on any atom is 0.311 e. The predicted molar refractivity (Wildman–Crippen MR) is 93.7 cm³/mol. The molecule has 0 N–H and O–H groups in total. The monoisotopic (exact) mass is 411 g/mol. The Morgan fingerprint density at radius 1 is 1.18 bits per heavy atom. The molecule has 2 aliphatic heterocycles. The predicted octanol–water partition coefficient (Wildman–Crippen LogP) is 3.56. The molecule has 3 aliphatic rings. The van der Waals surface area contributed by atoms with Crippen molar-refractivity contribution < 1.29 is 9.53 Å². The number of ether oxygens (including phenoxy) is 1. The van der Waals surface area contributed by atoms with Gasteiger partial charge >= 0.3 is 5.97 Å². The van der Waals surface area contributed by atoms with Crippen molar-refractivity contribution in [3.63, 3.8) is 0 Å². The van der Waals surface area contributed by atoms with Crippen LogP contribution in [-0.2, 0) is 9.53 Å². The lowest BCUT2D eigenvalue weighted by molar-refractivity contribution is -0.154. The molecule has 2 bridgehead atoms. The van der Waals surface area contributed by atoms with Gasteiger partial charge in [-0.15, -0.1) is 0 Å². The zero-order valence-electron chi connectivity index (χ0n) is 12.9. The number of fused-ring (bicyclic) bond motifs is 2. The fourth-order valence-electron chi connectivity index (χ4n) is 4.27. The number of benzene rings is 1. The molecule has 4 atom stereocenters. The summed E-state index contributed by atoms with van der Waals surface area (Å²) in [6, 6.07) is 9.69. The van der Waals surface area contributed by atoms with Gasteiger partial charge in [-0.2, -0.15) is 0 Å². The van der Waals surface area contributed by atoms with E-state index in [9.17, 15) is 4.79 Å². The maximum atomic E-state index is 12.8. The first-order valence-electron chi connectivity index (χ1n) is 8.31. The Bertz CT molecular complexity index is 569. The van der Waals surface area contributed by atoms with Crippen LogP contribution >= 0.6 is 22.6 Å². The lowest BCUT2D eigenvalue weighted by atomic mass is 9.76. The highest BCUT2D eigenvalue weighted by Crippen LogP contribution is 2.47. The summed E-state index contributed by atoms with van der Waals surface area (Å²) in [5.74, 6) is 0.365. The van der Waals surface area contributed by atoms with Gasteiger partial charge in [0.25, 0.3) is 0 Å². The Hall–Kier alpha value is -0.620. The summed E-state index contributed by atoms with van der Waals surface area (Å²) in [7, 11) is 2.18. The zero-order chi connectivity index (χ0) is 15.3. The standard InChI is InChI=1S/C18H22INO2/c1-20-13-6-9-16(20)17(18(21)22-14-7-8-14)15(10-13)11-2-4-12(19)5-3-11/h2-5,13-17H,6-10H2,1H3/t13?,15-,16?,17?/m1/s1. The molecule has 1 aliphatic carbocycles. The van der Waals surface area contributed by atoms with Crippen molar-refractivity contribution in [1.82, 2.24) is 4.90 Å². The molecule has 3 unspecified atom stereocenters. The molecule has 0 amide bonds. The first-order chi connectivity index (χ1) is 10.6. The molecule has 2 heterocycles. The minimum Gasteiger partial charge on any atom is -0.462 e. The normalized spacial score (nSPS) is 34.6. The molecular weight excluding hydrogens is 389 g/mol. The molecule has 0 spiro atoms. The van der Waals surface area contributed by atoms with E-state index in [-0.39, 0.29) is 18.0 Å². The minimum atomic E-state index is 0.00408. The van der Waals surface area contributed by atoms with Crippen molar-refractivity contribution in [3.8, 4) is 0 Å². The lowest BCUT2D eigenvalue weighted by Gasteiger charge is -2.42. The number of hydrogen-bond donors (Lipinski definition) is 0. The first kappa shape index (κ1) is 14.9. The van der Waals surface area contributed by atoms with Crippen molar-refractivity contribution in [2.45, 2.75) is 56.2 Å². The van der Waals surface area contributed by atoms with Crippen molar-refractivity contribution in [2.75, 3.05) is 7.05 Å². The maximum absolute atomic E-state index is 12.8. The number of carbonyl (C=O) groups excluding carboxylic acids is 1. The smallest absolute Gasteiger partial charge is 0.311 e. The molecular formula is C18H22INO2. The van der Waals surface area contributed by atoms with E-state index in [2.05, 4.69) is 58.8 Å². The van der Waals surface area contributed by atoms with Crippen molar-refractivity contribution >= 4 is 28.6 Å². The van der Waals surface area contributed by atoms with Gasteiger partial charge in [-0.3, -0.25) is 9.69 Å². The summed E-state index contributed by atoms with van der Waals surface area (Å²) in [5, 5.41) is 0. The molecule has 4 heteroatoms. The van der Waals surface area contributed by atoms with Gasteiger partial charge < -0.3 is 4.74 Å². The van der Waals surface area contributed by atoms with Crippen molar-refractivity contribution in [3.05, 3.63) is 33.4 Å². The average molecular weight is 411 g/mol. The van der Waals surface area contributed by atoms with E-state index in [4.69, 9.17) is 4.74 Å². The van der Waals surface area contributed by atoms with E-state index in [0.29, 0.717) is 18.0 Å². The van der Waals surface area contributed by atoms with Crippen molar-refractivity contribution in [2.24, 2.45) is 5.92 Å². The van der Waals surface area contributed by atoms with Gasteiger partial charge in [-0.05, 0) is 79.4 Å². The fraction of sp³-hybridized carbons (Fsp3) is 0.611. The van der Waals surface area contributed by atoms with Gasteiger partial charge in [0.1, 0.15) is 6.10 Å². The van der Waals surface area contributed by atoms with Gasteiger partial charge in [0, 0.05) is 21.6 Å². The third-order valence-electron chi connectivity index (χ3n) is 5.65. The molecule has 1 aromatic rings. The lowest BCUT2D eigenvalue weighted by Crippen LogP contribution is -2.49. The topological polar surface area (TPSA) is 29.5 Å². The highest BCUT2D eigenvalue weighted by Gasteiger charge is 2.50.